The van der Waals surface area contributed by atoms with Crippen molar-refractivity contribution in [3.05, 3.63) is 32.2 Å². The Morgan fingerprint density at radius 2 is 2.25 bits per heavy atom. The van der Waals surface area contributed by atoms with Crippen molar-refractivity contribution < 1.29 is 18.3 Å². The zero-order chi connectivity index (χ0) is 12.3. The second-order valence-corrected chi connectivity index (χ2v) is 3.59. The fourth-order valence-electron chi connectivity index (χ4n) is 1.13. The van der Waals surface area contributed by atoms with Crippen LogP contribution < -0.4 is 5.56 Å². The van der Waals surface area contributed by atoms with Crippen molar-refractivity contribution in [3.63, 3.8) is 0 Å². The van der Waals surface area contributed by atoms with Crippen LogP contribution in [0.15, 0.2) is 15.5 Å². The van der Waals surface area contributed by atoms with Gasteiger partial charge in [0.1, 0.15) is 0 Å². The van der Waals surface area contributed by atoms with Crippen LogP contribution in [0.1, 0.15) is 29.3 Å². The third kappa shape index (κ3) is 2.66. The molecule has 0 fully saturated rings. The molecule has 0 bridgehead atoms. The number of nitrogens with one attached hydrogen (secondary N) is 1. The number of alkyl halides is 2. The third-order valence-electron chi connectivity index (χ3n) is 1.75. The number of pyridine rings is 1. The van der Waals surface area contributed by atoms with Gasteiger partial charge in [0, 0.05) is 6.07 Å². The van der Waals surface area contributed by atoms with E-state index in [4.69, 9.17) is 0 Å². The maximum atomic E-state index is 12.7. The first-order valence-corrected chi connectivity index (χ1v) is 5.14. The maximum Gasteiger partial charge on any atom is 0.338 e. The number of aromatic amines is 1. The van der Waals surface area contributed by atoms with Crippen molar-refractivity contribution in [2.75, 3.05) is 6.61 Å². The summed E-state index contributed by atoms with van der Waals surface area (Å²) < 4.78 is 29.7. The lowest BCUT2D eigenvalue weighted by molar-refractivity contribution is 0.0514. The molecule has 7 heteroatoms. The molecule has 0 saturated carbocycles. The number of aromatic nitrogens is 1. The highest BCUT2D eigenvalue weighted by atomic mass is 79.9. The van der Waals surface area contributed by atoms with E-state index in [2.05, 4.69) is 25.7 Å². The van der Waals surface area contributed by atoms with E-state index in [0.29, 0.717) is 0 Å². The minimum Gasteiger partial charge on any atom is -0.462 e. The molecule has 0 saturated heterocycles. The summed E-state index contributed by atoms with van der Waals surface area (Å²) in [6.45, 7) is 1.59. The summed E-state index contributed by atoms with van der Waals surface area (Å²) in [7, 11) is 0. The van der Waals surface area contributed by atoms with Gasteiger partial charge in [-0.1, -0.05) is 0 Å². The molecule has 0 aliphatic rings. The van der Waals surface area contributed by atoms with Gasteiger partial charge in [0.05, 0.1) is 22.3 Å². The molecular formula is C9H8BrF2NO3. The minimum atomic E-state index is -2.88. The normalized spacial score (nSPS) is 10.6. The lowest BCUT2D eigenvalue weighted by atomic mass is 10.1. The van der Waals surface area contributed by atoms with Gasteiger partial charge in [-0.05, 0) is 22.9 Å². The fraction of sp³-hybridized carbons (Fsp3) is 0.333. The molecule has 0 radical (unpaired) electrons. The van der Waals surface area contributed by atoms with E-state index in [1.165, 1.54) is 0 Å². The lowest BCUT2D eigenvalue weighted by Gasteiger charge is -2.09. The van der Waals surface area contributed by atoms with Crippen molar-refractivity contribution in [2.45, 2.75) is 13.3 Å². The van der Waals surface area contributed by atoms with E-state index in [1.54, 1.807) is 6.92 Å². The van der Waals surface area contributed by atoms with Crippen molar-refractivity contribution >= 4 is 21.9 Å². The van der Waals surface area contributed by atoms with Gasteiger partial charge in [0.25, 0.3) is 6.43 Å². The van der Waals surface area contributed by atoms with Crippen LogP contribution >= 0.6 is 15.9 Å². The van der Waals surface area contributed by atoms with E-state index < -0.39 is 29.1 Å². The van der Waals surface area contributed by atoms with Crippen LogP contribution in [0.4, 0.5) is 8.78 Å². The number of hydrogen-bond donors (Lipinski definition) is 1. The highest BCUT2D eigenvalue weighted by Crippen LogP contribution is 2.28. The number of carbonyl (C=O) groups excluding carboxylic acids is 1. The van der Waals surface area contributed by atoms with Gasteiger partial charge in [-0.3, -0.25) is 4.79 Å². The Hall–Kier alpha value is -1.24. The molecule has 0 atom stereocenters. The van der Waals surface area contributed by atoms with Gasteiger partial charge < -0.3 is 9.72 Å². The lowest BCUT2D eigenvalue weighted by Crippen LogP contribution is -2.16. The Morgan fingerprint density at radius 3 is 2.75 bits per heavy atom. The van der Waals surface area contributed by atoms with Gasteiger partial charge in [-0.2, -0.15) is 0 Å². The van der Waals surface area contributed by atoms with E-state index in [0.717, 1.165) is 6.07 Å². The Bertz CT molecular complexity index is 459. The number of carbonyl (C=O) groups is 1. The minimum absolute atomic E-state index is 0.0475. The molecule has 1 aromatic rings. The second-order valence-electron chi connectivity index (χ2n) is 2.80. The van der Waals surface area contributed by atoms with Gasteiger partial charge in [-0.15, -0.1) is 0 Å². The van der Waals surface area contributed by atoms with Gasteiger partial charge in [0.15, 0.2) is 0 Å². The van der Waals surface area contributed by atoms with Crippen LogP contribution in [0.3, 0.4) is 0 Å². The van der Waals surface area contributed by atoms with Gasteiger partial charge >= 0.3 is 5.97 Å². The SMILES string of the molecule is CCOC(=O)c1cc(=O)[nH]c(Br)c1C(F)F. The molecule has 1 rings (SSSR count). The largest absolute Gasteiger partial charge is 0.462 e. The number of ether oxygens (including phenoxy) is 1. The van der Waals surface area contributed by atoms with Crippen molar-refractivity contribution in [3.8, 4) is 0 Å². The molecular weight excluding hydrogens is 288 g/mol. The standard InChI is InChI=1S/C9H8BrF2NO3/c1-2-16-9(15)4-3-5(14)13-7(10)6(4)8(11)12/h3,8H,2H2,1H3,(H,13,14). The van der Waals surface area contributed by atoms with Crippen LogP contribution in [0, 0.1) is 0 Å². The Kier molecular flexibility index (Phi) is 4.17. The zero-order valence-electron chi connectivity index (χ0n) is 8.22. The molecule has 0 aliphatic heterocycles. The number of rotatable bonds is 3. The molecule has 0 aliphatic carbocycles. The molecule has 88 valence electrons. The molecule has 0 amide bonds. The van der Waals surface area contributed by atoms with Crippen molar-refractivity contribution in [1.29, 1.82) is 0 Å². The summed E-state index contributed by atoms with van der Waals surface area (Å²) in [5, 5.41) is 0. The van der Waals surface area contributed by atoms with Crippen molar-refractivity contribution in [2.24, 2.45) is 0 Å². The van der Waals surface area contributed by atoms with Crippen LogP contribution in [0.2, 0.25) is 0 Å². The predicted molar refractivity (Wildman–Crippen MR) is 55.7 cm³/mol. The first-order valence-electron chi connectivity index (χ1n) is 4.35. The fourth-order valence-corrected chi connectivity index (χ4v) is 1.71. The molecule has 16 heavy (non-hydrogen) atoms. The molecule has 0 unspecified atom stereocenters. The van der Waals surface area contributed by atoms with E-state index in [9.17, 15) is 18.4 Å². The topological polar surface area (TPSA) is 59.2 Å². The van der Waals surface area contributed by atoms with Gasteiger partial charge in [0.2, 0.25) is 5.56 Å². The van der Waals surface area contributed by atoms with Crippen LogP contribution in [-0.2, 0) is 4.74 Å². The first kappa shape index (κ1) is 12.8. The Balaban J connectivity index is 3.35. The third-order valence-corrected chi connectivity index (χ3v) is 2.37. The molecule has 0 spiro atoms. The van der Waals surface area contributed by atoms with Crippen LogP contribution in [-0.4, -0.2) is 17.6 Å². The smallest absolute Gasteiger partial charge is 0.338 e. The number of hydrogen-bond acceptors (Lipinski definition) is 3. The highest BCUT2D eigenvalue weighted by Gasteiger charge is 2.23. The molecule has 4 nitrogen and oxygen atoms in total. The Morgan fingerprint density at radius 1 is 1.62 bits per heavy atom. The second kappa shape index (κ2) is 5.20. The average molecular weight is 296 g/mol. The molecule has 0 aromatic carbocycles. The Labute approximate surface area is 97.7 Å². The summed E-state index contributed by atoms with van der Waals surface area (Å²) in [5.74, 6) is -0.940. The zero-order valence-corrected chi connectivity index (χ0v) is 9.81. The monoisotopic (exact) mass is 295 g/mol. The quantitative estimate of drug-likeness (QED) is 0.687. The predicted octanol–water partition coefficient (Wildman–Crippen LogP) is 2.25. The summed E-state index contributed by atoms with van der Waals surface area (Å²) in [6.07, 6.45) is -2.88. The summed E-state index contributed by atoms with van der Waals surface area (Å²) in [5.41, 5.74) is -1.65. The number of halogens is 3. The average Bonchev–Trinajstić information content (AvgIpc) is 2.15. The van der Waals surface area contributed by atoms with Gasteiger partial charge in [-0.25, -0.2) is 13.6 Å². The molecule has 1 N–H and O–H groups in total. The van der Waals surface area contributed by atoms with Crippen LogP contribution in [0.25, 0.3) is 0 Å². The first-order chi connectivity index (χ1) is 7.47. The highest BCUT2D eigenvalue weighted by molar-refractivity contribution is 9.10. The summed E-state index contributed by atoms with van der Waals surface area (Å²) >= 11 is 2.77. The number of esters is 1. The molecule has 1 aromatic heterocycles. The van der Waals surface area contributed by atoms with E-state index in [-0.39, 0.29) is 11.2 Å². The summed E-state index contributed by atoms with van der Waals surface area (Å²) in [4.78, 5) is 24.5. The summed E-state index contributed by atoms with van der Waals surface area (Å²) in [6, 6.07) is 0.796. The maximum absolute atomic E-state index is 12.7. The van der Waals surface area contributed by atoms with E-state index >= 15 is 0 Å². The number of H-pyrrole nitrogens is 1. The van der Waals surface area contributed by atoms with Crippen LogP contribution in [0.5, 0.6) is 0 Å². The van der Waals surface area contributed by atoms with E-state index in [1.807, 2.05) is 0 Å². The molecule has 1 heterocycles. The van der Waals surface area contributed by atoms with Crippen molar-refractivity contribution in [1.82, 2.24) is 4.98 Å².